The van der Waals surface area contributed by atoms with Crippen molar-refractivity contribution < 1.29 is 9.53 Å². The van der Waals surface area contributed by atoms with E-state index in [1.807, 2.05) is 24.3 Å². The number of anilines is 2. The van der Waals surface area contributed by atoms with Crippen LogP contribution in [0.25, 0.3) is 0 Å². The van der Waals surface area contributed by atoms with Gasteiger partial charge in [0, 0.05) is 5.69 Å². The monoisotopic (exact) mass is 366 g/mol. The van der Waals surface area contributed by atoms with Crippen LogP contribution in [0.5, 0.6) is 5.75 Å². The van der Waals surface area contributed by atoms with E-state index in [1.54, 1.807) is 18.2 Å². The number of para-hydroxylation sites is 2. The molecule has 0 aliphatic carbocycles. The van der Waals surface area contributed by atoms with Gasteiger partial charge in [-0.2, -0.15) is 0 Å². The highest BCUT2D eigenvalue weighted by atomic mass is 35.5. The zero-order valence-corrected chi connectivity index (χ0v) is 15.1. The lowest BCUT2D eigenvalue weighted by atomic mass is 10.2. The van der Waals surface area contributed by atoms with E-state index < -0.39 is 0 Å². The molecular weight excluding hydrogens is 347 g/mol. The van der Waals surface area contributed by atoms with Crippen LogP contribution in [0, 0.1) is 5.92 Å². The lowest BCUT2D eigenvalue weighted by Crippen LogP contribution is -2.22. The van der Waals surface area contributed by atoms with E-state index in [4.69, 9.17) is 27.9 Å². The molecule has 0 aliphatic rings. The molecule has 0 heterocycles. The van der Waals surface area contributed by atoms with Gasteiger partial charge in [-0.15, -0.1) is 0 Å². The predicted molar refractivity (Wildman–Crippen MR) is 100 cm³/mol. The number of ether oxygens (including phenoxy) is 1. The van der Waals surface area contributed by atoms with Crippen LogP contribution >= 0.6 is 23.2 Å². The van der Waals surface area contributed by atoms with Crippen LogP contribution in [-0.4, -0.2) is 19.1 Å². The molecular formula is C18H20Cl2N2O2. The highest BCUT2D eigenvalue weighted by Gasteiger charge is 2.08. The molecule has 0 saturated heterocycles. The van der Waals surface area contributed by atoms with Gasteiger partial charge in [-0.3, -0.25) is 4.79 Å². The van der Waals surface area contributed by atoms with Crippen molar-refractivity contribution >= 4 is 40.5 Å². The Labute approximate surface area is 152 Å². The van der Waals surface area contributed by atoms with E-state index in [9.17, 15) is 4.79 Å². The van der Waals surface area contributed by atoms with Crippen molar-refractivity contribution in [2.45, 2.75) is 13.8 Å². The lowest BCUT2D eigenvalue weighted by Gasteiger charge is -2.14. The maximum atomic E-state index is 12.1. The summed E-state index contributed by atoms with van der Waals surface area (Å²) in [5.41, 5.74) is 1.38. The van der Waals surface area contributed by atoms with Crippen molar-refractivity contribution in [3.8, 4) is 5.75 Å². The minimum absolute atomic E-state index is 0.108. The third kappa shape index (κ3) is 5.62. The van der Waals surface area contributed by atoms with E-state index >= 15 is 0 Å². The van der Waals surface area contributed by atoms with E-state index in [1.165, 1.54) is 0 Å². The van der Waals surface area contributed by atoms with Gasteiger partial charge in [0.2, 0.25) is 5.91 Å². The first-order chi connectivity index (χ1) is 11.5. The number of hydrogen-bond acceptors (Lipinski definition) is 3. The maximum Gasteiger partial charge on any atom is 0.243 e. The van der Waals surface area contributed by atoms with E-state index in [-0.39, 0.29) is 12.5 Å². The maximum absolute atomic E-state index is 12.1. The second-order valence-corrected chi connectivity index (χ2v) is 6.55. The molecule has 1 amide bonds. The Morgan fingerprint density at radius 2 is 1.88 bits per heavy atom. The number of benzene rings is 2. The van der Waals surface area contributed by atoms with Crippen molar-refractivity contribution in [1.29, 1.82) is 0 Å². The number of halogens is 2. The van der Waals surface area contributed by atoms with Crippen molar-refractivity contribution in [2.24, 2.45) is 5.92 Å². The van der Waals surface area contributed by atoms with Crippen LogP contribution in [0.3, 0.4) is 0 Å². The van der Waals surface area contributed by atoms with Gasteiger partial charge in [0.05, 0.1) is 28.9 Å². The molecule has 128 valence electrons. The fraction of sp³-hybridized carbons (Fsp3) is 0.278. The highest BCUT2D eigenvalue weighted by Crippen LogP contribution is 2.26. The van der Waals surface area contributed by atoms with Gasteiger partial charge >= 0.3 is 0 Å². The molecule has 4 nitrogen and oxygen atoms in total. The molecule has 0 spiro atoms. The number of carbonyl (C=O) groups is 1. The predicted octanol–water partition coefficient (Wildman–Crippen LogP) is 5.08. The minimum atomic E-state index is -0.179. The Hall–Kier alpha value is -1.91. The smallest absolute Gasteiger partial charge is 0.243 e. The second kappa shape index (κ2) is 8.81. The van der Waals surface area contributed by atoms with Crippen molar-refractivity contribution in [3.63, 3.8) is 0 Å². The van der Waals surface area contributed by atoms with Gasteiger partial charge in [0.25, 0.3) is 0 Å². The lowest BCUT2D eigenvalue weighted by molar-refractivity contribution is -0.114. The standard InChI is InChI=1S/C18H20Cl2N2O2/c1-12(2)11-24-17-6-4-3-5-16(17)22-18(23)10-21-13-7-8-14(19)15(20)9-13/h3-9,12,21H,10-11H2,1-2H3,(H,22,23). The Morgan fingerprint density at radius 3 is 2.58 bits per heavy atom. The topological polar surface area (TPSA) is 50.4 Å². The summed E-state index contributed by atoms with van der Waals surface area (Å²) >= 11 is 11.8. The highest BCUT2D eigenvalue weighted by molar-refractivity contribution is 6.42. The number of rotatable bonds is 7. The summed E-state index contributed by atoms with van der Waals surface area (Å²) in [6.45, 7) is 4.84. The van der Waals surface area contributed by atoms with Crippen LogP contribution in [0.1, 0.15) is 13.8 Å². The average molecular weight is 367 g/mol. The Morgan fingerprint density at radius 1 is 1.12 bits per heavy atom. The number of nitrogens with one attached hydrogen (secondary N) is 2. The summed E-state index contributed by atoms with van der Waals surface area (Å²) in [5.74, 6) is 0.890. The van der Waals surface area contributed by atoms with E-state index in [0.29, 0.717) is 34.0 Å². The second-order valence-electron chi connectivity index (χ2n) is 5.73. The largest absolute Gasteiger partial charge is 0.491 e. The fourth-order valence-corrected chi connectivity index (χ4v) is 2.23. The first kappa shape index (κ1) is 18.4. The van der Waals surface area contributed by atoms with Gasteiger partial charge < -0.3 is 15.4 Å². The van der Waals surface area contributed by atoms with Crippen LogP contribution in [0.15, 0.2) is 42.5 Å². The number of amides is 1. The van der Waals surface area contributed by atoms with Gasteiger partial charge in [-0.25, -0.2) is 0 Å². The first-order valence-corrected chi connectivity index (χ1v) is 8.42. The van der Waals surface area contributed by atoms with Crippen molar-refractivity contribution in [3.05, 3.63) is 52.5 Å². The summed E-state index contributed by atoms with van der Waals surface area (Å²) in [4.78, 5) is 12.1. The fourth-order valence-electron chi connectivity index (χ4n) is 1.94. The molecule has 0 radical (unpaired) electrons. The summed E-state index contributed by atoms with van der Waals surface area (Å²) in [5, 5.41) is 6.77. The third-order valence-electron chi connectivity index (χ3n) is 3.11. The third-order valence-corrected chi connectivity index (χ3v) is 3.85. The molecule has 24 heavy (non-hydrogen) atoms. The molecule has 0 atom stereocenters. The molecule has 0 unspecified atom stereocenters. The Kier molecular flexibility index (Phi) is 6.76. The van der Waals surface area contributed by atoms with E-state index in [0.717, 1.165) is 5.69 Å². The zero-order valence-electron chi connectivity index (χ0n) is 13.6. The quantitative estimate of drug-likeness (QED) is 0.718. The Balaban J connectivity index is 1.93. The summed E-state index contributed by atoms with van der Waals surface area (Å²) in [7, 11) is 0. The molecule has 2 N–H and O–H groups in total. The summed E-state index contributed by atoms with van der Waals surface area (Å²) in [6, 6.07) is 12.5. The molecule has 0 saturated carbocycles. The zero-order chi connectivity index (χ0) is 17.5. The molecule has 0 aliphatic heterocycles. The molecule has 2 aromatic rings. The van der Waals surface area contributed by atoms with Gasteiger partial charge in [-0.1, -0.05) is 49.2 Å². The molecule has 2 rings (SSSR count). The summed E-state index contributed by atoms with van der Waals surface area (Å²) < 4.78 is 5.72. The average Bonchev–Trinajstić information content (AvgIpc) is 2.55. The molecule has 2 aromatic carbocycles. The van der Waals surface area contributed by atoms with Gasteiger partial charge in [-0.05, 0) is 36.2 Å². The van der Waals surface area contributed by atoms with Crippen molar-refractivity contribution in [1.82, 2.24) is 0 Å². The molecule has 0 bridgehead atoms. The SMILES string of the molecule is CC(C)COc1ccccc1NC(=O)CNc1ccc(Cl)c(Cl)c1. The van der Waals surface area contributed by atoms with Crippen LogP contribution in [0.2, 0.25) is 10.0 Å². The number of carbonyl (C=O) groups excluding carboxylic acids is 1. The summed E-state index contributed by atoms with van der Waals surface area (Å²) in [6.07, 6.45) is 0. The van der Waals surface area contributed by atoms with Crippen LogP contribution in [0.4, 0.5) is 11.4 Å². The van der Waals surface area contributed by atoms with Crippen LogP contribution in [-0.2, 0) is 4.79 Å². The van der Waals surface area contributed by atoms with Gasteiger partial charge in [0.1, 0.15) is 5.75 Å². The van der Waals surface area contributed by atoms with Gasteiger partial charge in [0.15, 0.2) is 0 Å². The van der Waals surface area contributed by atoms with Crippen molar-refractivity contribution in [2.75, 3.05) is 23.8 Å². The minimum Gasteiger partial charge on any atom is -0.491 e. The molecule has 6 heteroatoms. The normalized spacial score (nSPS) is 10.5. The van der Waals surface area contributed by atoms with Crippen LogP contribution < -0.4 is 15.4 Å². The Bertz CT molecular complexity index is 705. The molecule has 0 aromatic heterocycles. The first-order valence-electron chi connectivity index (χ1n) is 7.66. The molecule has 0 fully saturated rings. The van der Waals surface area contributed by atoms with E-state index in [2.05, 4.69) is 24.5 Å². The number of hydrogen-bond donors (Lipinski definition) is 2.